The van der Waals surface area contributed by atoms with E-state index in [1.807, 2.05) is 12.3 Å². The maximum atomic E-state index is 12.9. The predicted molar refractivity (Wildman–Crippen MR) is 93.8 cm³/mol. The third-order valence-electron chi connectivity index (χ3n) is 5.54. The van der Waals surface area contributed by atoms with Gasteiger partial charge in [0.1, 0.15) is 0 Å². The van der Waals surface area contributed by atoms with Gasteiger partial charge in [0.25, 0.3) is 0 Å². The molecular weight excluding hydrogens is 298 g/mol. The minimum absolute atomic E-state index is 0.295. The van der Waals surface area contributed by atoms with Crippen LogP contribution in [0.3, 0.4) is 0 Å². The summed E-state index contributed by atoms with van der Waals surface area (Å²) < 4.78 is 2.11. The Balaban J connectivity index is 1.47. The molecular formula is C20H25N3O. The van der Waals surface area contributed by atoms with Crippen molar-refractivity contribution < 1.29 is 4.79 Å². The molecule has 0 aliphatic carbocycles. The Labute approximate surface area is 143 Å². The lowest BCUT2D eigenvalue weighted by molar-refractivity contribution is -0.135. The highest BCUT2D eigenvalue weighted by molar-refractivity contribution is 5.80. The topological polar surface area (TPSA) is 38.1 Å². The highest BCUT2D eigenvalue weighted by atomic mass is 16.2. The molecule has 24 heavy (non-hydrogen) atoms. The second-order valence-corrected chi connectivity index (χ2v) is 7.47. The van der Waals surface area contributed by atoms with Gasteiger partial charge in [0, 0.05) is 18.3 Å². The number of fused-ring (bicyclic) bond motifs is 2. The van der Waals surface area contributed by atoms with Crippen molar-refractivity contribution in [3.05, 3.63) is 53.3 Å². The number of amides is 1. The molecule has 126 valence electrons. The van der Waals surface area contributed by atoms with Gasteiger partial charge in [-0.3, -0.25) is 9.48 Å². The summed E-state index contributed by atoms with van der Waals surface area (Å²) in [5.74, 6) is 0.295. The molecule has 2 unspecified atom stereocenters. The van der Waals surface area contributed by atoms with E-state index in [0.717, 1.165) is 31.2 Å². The monoisotopic (exact) mass is 323 g/mol. The summed E-state index contributed by atoms with van der Waals surface area (Å²) in [6.07, 6.45) is 8.95. The first kappa shape index (κ1) is 15.4. The van der Waals surface area contributed by atoms with Crippen LogP contribution in [0.1, 0.15) is 48.4 Å². The van der Waals surface area contributed by atoms with Crippen molar-refractivity contribution in [1.82, 2.24) is 14.7 Å². The number of piperidine rings is 1. The zero-order valence-electron chi connectivity index (χ0n) is 14.5. The van der Waals surface area contributed by atoms with Crippen molar-refractivity contribution in [2.24, 2.45) is 0 Å². The number of aromatic nitrogens is 2. The summed E-state index contributed by atoms with van der Waals surface area (Å²) in [7, 11) is 0. The van der Waals surface area contributed by atoms with Crippen LogP contribution in [0.2, 0.25) is 0 Å². The zero-order valence-corrected chi connectivity index (χ0v) is 14.5. The second kappa shape index (κ2) is 6.08. The third kappa shape index (κ3) is 2.85. The summed E-state index contributed by atoms with van der Waals surface area (Å²) in [5, 5.41) is 4.50. The van der Waals surface area contributed by atoms with E-state index >= 15 is 0 Å². The molecule has 2 aromatic rings. The van der Waals surface area contributed by atoms with Gasteiger partial charge in [0.2, 0.25) is 5.91 Å². The fourth-order valence-electron chi connectivity index (χ4n) is 4.49. The number of hydrogen-bond acceptors (Lipinski definition) is 2. The molecule has 3 heterocycles. The van der Waals surface area contributed by atoms with E-state index in [9.17, 15) is 4.79 Å². The summed E-state index contributed by atoms with van der Waals surface area (Å²) in [6, 6.07) is 9.52. The van der Waals surface area contributed by atoms with Crippen molar-refractivity contribution in [2.75, 3.05) is 0 Å². The van der Waals surface area contributed by atoms with E-state index in [0.29, 0.717) is 30.5 Å². The SMILES string of the molecule is Cc1cccc(CC(=O)N2C3CCC2CC(n2cc(C)cn2)C3)c1. The first-order valence-electron chi connectivity index (χ1n) is 8.97. The average Bonchev–Trinajstić information content (AvgIpc) is 3.09. The lowest BCUT2D eigenvalue weighted by Crippen LogP contribution is -2.47. The second-order valence-electron chi connectivity index (χ2n) is 7.47. The van der Waals surface area contributed by atoms with Crippen molar-refractivity contribution in [1.29, 1.82) is 0 Å². The van der Waals surface area contributed by atoms with Gasteiger partial charge in [-0.1, -0.05) is 29.8 Å². The maximum absolute atomic E-state index is 12.9. The molecule has 0 saturated carbocycles. The Morgan fingerprint density at radius 1 is 1.12 bits per heavy atom. The Morgan fingerprint density at radius 3 is 2.50 bits per heavy atom. The minimum atomic E-state index is 0.295. The number of carbonyl (C=O) groups excluding carboxylic acids is 1. The van der Waals surface area contributed by atoms with Crippen molar-refractivity contribution in [3.8, 4) is 0 Å². The molecule has 1 aromatic carbocycles. The Morgan fingerprint density at radius 2 is 1.88 bits per heavy atom. The van der Waals surface area contributed by atoms with Crippen LogP contribution in [-0.4, -0.2) is 32.7 Å². The first-order chi connectivity index (χ1) is 11.6. The van der Waals surface area contributed by atoms with Crippen molar-refractivity contribution >= 4 is 5.91 Å². The van der Waals surface area contributed by atoms with Crippen LogP contribution in [0.15, 0.2) is 36.7 Å². The van der Waals surface area contributed by atoms with Crippen LogP contribution in [0.5, 0.6) is 0 Å². The van der Waals surface area contributed by atoms with E-state index in [2.05, 4.69) is 52.9 Å². The highest BCUT2D eigenvalue weighted by Gasteiger charge is 2.43. The van der Waals surface area contributed by atoms with Crippen molar-refractivity contribution in [2.45, 2.75) is 64.1 Å². The van der Waals surface area contributed by atoms with Gasteiger partial charge in [-0.15, -0.1) is 0 Å². The van der Waals surface area contributed by atoms with Gasteiger partial charge >= 0.3 is 0 Å². The lowest BCUT2D eigenvalue weighted by Gasteiger charge is -2.39. The quantitative estimate of drug-likeness (QED) is 0.868. The summed E-state index contributed by atoms with van der Waals surface area (Å²) >= 11 is 0. The van der Waals surface area contributed by atoms with Crippen LogP contribution in [0, 0.1) is 13.8 Å². The Kier molecular flexibility index (Phi) is 3.91. The minimum Gasteiger partial charge on any atom is -0.336 e. The molecule has 2 aliphatic rings. The Hall–Kier alpha value is -2.10. The fraction of sp³-hybridized carbons (Fsp3) is 0.500. The molecule has 2 aliphatic heterocycles. The van der Waals surface area contributed by atoms with E-state index in [1.165, 1.54) is 11.1 Å². The highest BCUT2D eigenvalue weighted by Crippen LogP contribution is 2.41. The van der Waals surface area contributed by atoms with Gasteiger partial charge in [0.15, 0.2) is 0 Å². The molecule has 4 nitrogen and oxygen atoms in total. The third-order valence-corrected chi connectivity index (χ3v) is 5.54. The van der Waals surface area contributed by atoms with Crippen LogP contribution >= 0.6 is 0 Å². The normalized spacial score (nSPS) is 25.9. The van der Waals surface area contributed by atoms with Gasteiger partial charge < -0.3 is 4.90 Å². The summed E-state index contributed by atoms with van der Waals surface area (Å²) in [5.41, 5.74) is 3.56. The van der Waals surface area contributed by atoms with Crippen LogP contribution in [-0.2, 0) is 11.2 Å². The van der Waals surface area contributed by atoms with E-state index in [-0.39, 0.29) is 0 Å². The van der Waals surface area contributed by atoms with Crippen LogP contribution < -0.4 is 0 Å². The van der Waals surface area contributed by atoms with Crippen LogP contribution in [0.4, 0.5) is 0 Å². The molecule has 1 amide bonds. The first-order valence-corrected chi connectivity index (χ1v) is 8.97. The number of aryl methyl sites for hydroxylation is 2. The maximum Gasteiger partial charge on any atom is 0.227 e. The van der Waals surface area contributed by atoms with E-state index in [1.54, 1.807) is 0 Å². The molecule has 4 rings (SSSR count). The van der Waals surface area contributed by atoms with Gasteiger partial charge in [-0.25, -0.2) is 0 Å². The number of hydrogen-bond donors (Lipinski definition) is 0. The standard InChI is InChI=1S/C20H25N3O/c1-14-4-3-5-16(8-14)9-20(24)23-17-6-7-18(23)11-19(10-17)22-13-15(2)12-21-22/h3-5,8,12-13,17-19H,6-7,9-11H2,1-2H3. The van der Waals surface area contributed by atoms with Gasteiger partial charge in [-0.2, -0.15) is 5.10 Å². The summed E-state index contributed by atoms with van der Waals surface area (Å²) in [6.45, 7) is 4.16. The smallest absolute Gasteiger partial charge is 0.227 e. The molecule has 1 aromatic heterocycles. The number of nitrogens with zero attached hydrogens (tertiary/aromatic N) is 3. The lowest BCUT2D eigenvalue weighted by atomic mass is 9.96. The number of rotatable bonds is 3. The number of carbonyl (C=O) groups is 1. The molecule has 4 heteroatoms. The van der Waals surface area contributed by atoms with Crippen molar-refractivity contribution in [3.63, 3.8) is 0 Å². The zero-order chi connectivity index (χ0) is 16.7. The fourth-order valence-corrected chi connectivity index (χ4v) is 4.49. The molecule has 2 fully saturated rings. The Bertz CT molecular complexity index is 737. The van der Waals surface area contributed by atoms with Gasteiger partial charge in [0.05, 0.1) is 18.7 Å². The van der Waals surface area contributed by atoms with Crippen LogP contribution in [0.25, 0.3) is 0 Å². The molecule has 0 N–H and O–H groups in total. The predicted octanol–water partition coefficient (Wildman–Crippen LogP) is 3.44. The molecule has 2 bridgehead atoms. The average molecular weight is 323 g/mol. The molecule has 2 saturated heterocycles. The largest absolute Gasteiger partial charge is 0.336 e. The van der Waals surface area contributed by atoms with E-state index in [4.69, 9.17) is 0 Å². The molecule has 0 radical (unpaired) electrons. The van der Waals surface area contributed by atoms with E-state index < -0.39 is 0 Å². The molecule has 0 spiro atoms. The van der Waals surface area contributed by atoms with Gasteiger partial charge in [-0.05, 0) is 50.7 Å². The summed E-state index contributed by atoms with van der Waals surface area (Å²) in [4.78, 5) is 15.1. The molecule has 2 atom stereocenters. The number of benzene rings is 1.